The largest absolute Gasteiger partial charge is 0.465 e. The Morgan fingerprint density at radius 1 is 1.12 bits per heavy atom. The number of amides is 2. The predicted molar refractivity (Wildman–Crippen MR) is 120 cm³/mol. The number of benzene rings is 1. The highest BCUT2D eigenvalue weighted by atomic mass is 16.5. The normalized spacial score (nSPS) is 18.7. The van der Waals surface area contributed by atoms with Crippen LogP contribution in [0.2, 0.25) is 0 Å². The summed E-state index contributed by atoms with van der Waals surface area (Å²) in [4.78, 5) is 31.9. The molecule has 0 saturated carbocycles. The molecule has 33 heavy (non-hydrogen) atoms. The highest BCUT2D eigenvalue weighted by Gasteiger charge is 2.32. The van der Waals surface area contributed by atoms with Gasteiger partial charge in [0.1, 0.15) is 17.6 Å². The van der Waals surface area contributed by atoms with Gasteiger partial charge >= 0.3 is 0 Å². The third-order valence-electron chi connectivity index (χ3n) is 6.49. The van der Waals surface area contributed by atoms with Gasteiger partial charge in [-0.1, -0.05) is 30.3 Å². The lowest BCUT2D eigenvalue weighted by atomic mass is 9.95. The monoisotopic (exact) mass is 448 g/mol. The van der Waals surface area contributed by atoms with Crippen LogP contribution in [0.5, 0.6) is 0 Å². The van der Waals surface area contributed by atoms with E-state index in [4.69, 9.17) is 9.15 Å². The van der Waals surface area contributed by atoms with Gasteiger partial charge < -0.3 is 23.9 Å². The van der Waals surface area contributed by atoms with Gasteiger partial charge in [-0.25, -0.2) is 4.98 Å². The summed E-state index contributed by atoms with van der Waals surface area (Å²) < 4.78 is 13.6. The molecule has 8 nitrogen and oxygen atoms in total. The molecule has 0 radical (unpaired) electrons. The molecule has 8 heteroatoms. The average molecular weight is 449 g/mol. The van der Waals surface area contributed by atoms with Gasteiger partial charge in [0.15, 0.2) is 5.69 Å². The van der Waals surface area contributed by atoms with Crippen molar-refractivity contribution in [1.29, 1.82) is 0 Å². The second-order valence-corrected chi connectivity index (χ2v) is 8.70. The van der Waals surface area contributed by atoms with Gasteiger partial charge in [0, 0.05) is 19.0 Å². The van der Waals surface area contributed by atoms with Crippen molar-refractivity contribution in [3.8, 4) is 0 Å². The van der Waals surface area contributed by atoms with Crippen LogP contribution >= 0.6 is 0 Å². The third kappa shape index (κ3) is 4.57. The molecule has 0 bridgehead atoms. The van der Waals surface area contributed by atoms with E-state index in [0.29, 0.717) is 51.3 Å². The van der Waals surface area contributed by atoms with Crippen LogP contribution in [0.3, 0.4) is 0 Å². The van der Waals surface area contributed by atoms with Crippen molar-refractivity contribution in [2.75, 3.05) is 13.1 Å². The minimum absolute atomic E-state index is 0.0101. The number of rotatable bonds is 5. The molecule has 1 saturated heterocycles. The molecule has 4 heterocycles. The van der Waals surface area contributed by atoms with Crippen LogP contribution < -0.4 is 5.32 Å². The summed E-state index contributed by atoms with van der Waals surface area (Å²) in [5.74, 6) is 1.39. The number of fused-ring (bicyclic) bond motifs is 1. The molecule has 2 aliphatic rings. The van der Waals surface area contributed by atoms with Crippen molar-refractivity contribution in [2.45, 2.75) is 45.6 Å². The first-order valence-corrected chi connectivity index (χ1v) is 11.4. The summed E-state index contributed by atoms with van der Waals surface area (Å²) in [6.07, 6.45) is 2.96. The molecule has 1 aromatic carbocycles. The summed E-state index contributed by atoms with van der Waals surface area (Å²) in [5, 5.41) is 2.94. The molecular formula is C25H28N4O4. The van der Waals surface area contributed by atoms with Crippen LogP contribution in [0.4, 0.5) is 0 Å². The number of likely N-dealkylation sites (tertiary alicyclic amines) is 1. The Kier molecular flexibility index (Phi) is 6.00. The van der Waals surface area contributed by atoms with Crippen molar-refractivity contribution >= 4 is 11.8 Å². The average Bonchev–Trinajstić information content (AvgIpc) is 3.48. The van der Waals surface area contributed by atoms with Gasteiger partial charge in [-0.3, -0.25) is 9.59 Å². The lowest BCUT2D eigenvalue weighted by Crippen LogP contribution is -2.43. The number of aromatic nitrogens is 2. The molecule has 1 N–H and O–H groups in total. The fourth-order valence-corrected chi connectivity index (χ4v) is 4.57. The standard InChI is InChI=1S/C25H28N4O4/c1-17-7-8-20(33-17)13-26-24(30)19-9-11-28(12-10-19)25(31)23-21-15-32-22(14-29(21)16-27-23)18-5-3-2-4-6-18/h2-8,16,19,22H,9-15H2,1H3,(H,26,30)/t22-/m1/s1. The molecule has 2 aliphatic heterocycles. The van der Waals surface area contributed by atoms with E-state index in [0.717, 1.165) is 22.8 Å². The summed E-state index contributed by atoms with van der Waals surface area (Å²) >= 11 is 0. The van der Waals surface area contributed by atoms with E-state index in [9.17, 15) is 9.59 Å². The van der Waals surface area contributed by atoms with E-state index in [1.807, 2.05) is 41.8 Å². The number of hydrogen-bond acceptors (Lipinski definition) is 5. The molecule has 1 fully saturated rings. The maximum absolute atomic E-state index is 13.2. The Balaban J connectivity index is 1.16. The molecule has 172 valence electrons. The van der Waals surface area contributed by atoms with Gasteiger partial charge in [-0.05, 0) is 37.5 Å². The highest BCUT2D eigenvalue weighted by Crippen LogP contribution is 2.28. The zero-order valence-corrected chi connectivity index (χ0v) is 18.7. The van der Waals surface area contributed by atoms with Crippen LogP contribution in [0.15, 0.2) is 53.2 Å². The first-order chi connectivity index (χ1) is 16.1. The number of imidazole rings is 1. The van der Waals surface area contributed by atoms with E-state index in [1.54, 1.807) is 11.2 Å². The summed E-state index contributed by atoms with van der Waals surface area (Å²) in [6, 6.07) is 13.8. The first kappa shape index (κ1) is 21.5. The van der Waals surface area contributed by atoms with Crippen molar-refractivity contribution < 1.29 is 18.7 Å². The maximum Gasteiger partial charge on any atom is 0.274 e. The fraction of sp³-hybridized carbons (Fsp3) is 0.400. The van der Waals surface area contributed by atoms with Gasteiger partial charge in [0.2, 0.25) is 5.91 Å². The molecule has 5 rings (SSSR count). The van der Waals surface area contributed by atoms with Crippen LogP contribution in [0.25, 0.3) is 0 Å². The zero-order valence-electron chi connectivity index (χ0n) is 18.7. The number of carbonyl (C=O) groups excluding carboxylic acids is 2. The van der Waals surface area contributed by atoms with Gasteiger partial charge in [-0.15, -0.1) is 0 Å². The smallest absolute Gasteiger partial charge is 0.274 e. The SMILES string of the molecule is Cc1ccc(CNC(=O)C2CCN(C(=O)c3ncn4c3CO[C@@H](c3ccccc3)C4)CC2)o1. The van der Waals surface area contributed by atoms with E-state index in [1.165, 1.54) is 0 Å². The Bertz CT molecular complexity index is 1130. The number of carbonyl (C=O) groups is 2. The summed E-state index contributed by atoms with van der Waals surface area (Å²) in [7, 11) is 0. The number of nitrogens with one attached hydrogen (secondary N) is 1. The maximum atomic E-state index is 13.2. The Morgan fingerprint density at radius 2 is 1.91 bits per heavy atom. The minimum Gasteiger partial charge on any atom is -0.465 e. The Hall–Kier alpha value is -3.39. The van der Waals surface area contributed by atoms with E-state index < -0.39 is 0 Å². The molecular weight excluding hydrogens is 420 g/mol. The van der Waals surface area contributed by atoms with E-state index >= 15 is 0 Å². The molecule has 0 aliphatic carbocycles. The lowest BCUT2D eigenvalue weighted by Gasteiger charge is -2.31. The molecule has 0 unspecified atom stereocenters. The van der Waals surface area contributed by atoms with Crippen LogP contribution in [0.1, 0.15) is 52.2 Å². The topological polar surface area (TPSA) is 89.6 Å². The van der Waals surface area contributed by atoms with Gasteiger partial charge in [0.25, 0.3) is 5.91 Å². The number of hydrogen-bond donors (Lipinski definition) is 1. The van der Waals surface area contributed by atoms with Gasteiger partial charge in [0.05, 0.1) is 31.7 Å². The number of aryl methyl sites for hydroxylation is 1. The van der Waals surface area contributed by atoms with Crippen molar-refractivity contribution in [3.05, 3.63) is 77.3 Å². The van der Waals surface area contributed by atoms with Crippen LogP contribution in [-0.2, 0) is 29.2 Å². The predicted octanol–water partition coefficient (Wildman–Crippen LogP) is 3.22. The Labute approximate surface area is 192 Å². The van der Waals surface area contributed by atoms with Crippen molar-refractivity contribution in [1.82, 2.24) is 19.8 Å². The first-order valence-electron chi connectivity index (χ1n) is 11.4. The van der Waals surface area contributed by atoms with Crippen LogP contribution in [-0.4, -0.2) is 39.4 Å². The van der Waals surface area contributed by atoms with Gasteiger partial charge in [-0.2, -0.15) is 0 Å². The number of nitrogens with zero attached hydrogens (tertiary/aromatic N) is 3. The summed E-state index contributed by atoms with van der Waals surface area (Å²) in [5.41, 5.74) is 2.39. The van der Waals surface area contributed by atoms with Crippen molar-refractivity contribution in [3.63, 3.8) is 0 Å². The molecule has 2 amide bonds. The van der Waals surface area contributed by atoms with E-state index in [2.05, 4.69) is 22.4 Å². The zero-order chi connectivity index (χ0) is 22.8. The number of furan rings is 1. The third-order valence-corrected chi connectivity index (χ3v) is 6.49. The molecule has 0 spiro atoms. The molecule has 3 aromatic rings. The second kappa shape index (κ2) is 9.23. The Morgan fingerprint density at radius 3 is 2.64 bits per heavy atom. The van der Waals surface area contributed by atoms with E-state index in [-0.39, 0.29) is 23.8 Å². The highest BCUT2D eigenvalue weighted by molar-refractivity contribution is 5.93. The van der Waals surface area contributed by atoms with Crippen LogP contribution in [0, 0.1) is 12.8 Å². The number of ether oxygens (including phenoxy) is 1. The lowest BCUT2D eigenvalue weighted by molar-refractivity contribution is -0.126. The quantitative estimate of drug-likeness (QED) is 0.647. The molecule has 2 aromatic heterocycles. The fourth-order valence-electron chi connectivity index (χ4n) is 4.57. The summed E-state index contributed by atoms with van der Waals surface area (Å²) in [6.45, 7) is 4.33. The van der Waals surface area contributed by atoms with Crippen molar-refractivity contribution in [2.24, 2.45) is 5.92 Å². The minimum atomic E-state index is -0.101. The number of piperidine rings is 1. The second-order valence-electron chi connectivity index (χ2n) is 8.70. The molecule has 1 atom stereocenters.